The highest BCUT2D eigenvalue weighted by Gasteiger charge is 2.50. The molecular formula is C31H31N5O4. The van der Waals surface area contributed by atoms with Crippen LogP contribution in [0.15, 0.2) is 91.4 Å². The van der Waals surface area contributed by atoms with E-state index in [1.807, 2.05) is 56.3 Å². The van der Waals surface area contributed by atoms with Crippen molar-refractivity contribution in [1.29, 1.82) is 5.26 Å². The number of benzene rings is 2. The summed E-state index contributed by atoms with van der Waals surface area (Å²) in [6, 6.07) is 21.0. The van der Waals surface area contributed by atoms with Crippen molar-refractivity contribution in [2.45, 2.75) is 45.0 Å². The van der Waals surface area contributed by atoms with Crippen LogP contribution in [0.3, 0.4) is 0 Å². The molecule has 9 nitrogen and oxygen atoms in total. The minimum absolute atomic E-state index is 0.0441. The van der Waals surface area contributed by atoms with E-state index in [-0.39, 0.29) is 12.3 Å². The second-order valence-corrected chi connectivity index (χ2v) is 10.00. The number of nitrogens with one attached hydrogen (secondary N) is 1. The third-order valence-corrected chi connectivity index (χ3v) is 6.76. The minimum atomic E-state index is -2.44. The van der Waals surface area contributed by atoms with Crippen molar-refractivity contribution < 1.29 is 19.5 Å². The molecule has 0 bridgehead atoms. The summed E-state index contributed by atoms with van der Waals surface area (Å²) in [5, 5.41) is 24.2. The molecule has 3 aromatic rings. The van der Waals surface area contributed by atoms with Gasteiger partial charge < -0.3 is 15.3 Å². The topological polar surface area (TPSA) is 127 Å². The van der Waals surface area contributed by atoms with Crippen molar-refractivity contribution in [1.82, 2.24) is 20.1 Å². The predicted molar refractivity (Wildman–Crippen MR) is 149 cm³/mol. The Balaban J connectivity index is 1.96. The number of nitriles is 1. The van der Waals surface area contributed by atoms with Gasteiger partial charge in [-0.2, -0.15) is 5.26 Å². The maximum Gasteiger partial charge on any atom is 0.260 e. The van der Waals surface area contributed by atoms with Gasteiger partial charge >= 0.3 is 0 Å². The second-order valence-electron chi connectivity index (χ2n) is 10.00. The third kappa shape index (κ3) is 5.77. The second kappa shape index (κ2) is 11.9. The van der Waals surface area contributed by atoms with E-state index in [4.69, 9.17) is 0 Å². The zero-order valence-corrected chi connectivity index (χ0v) is 22.6. The Labute approximate surface area is 233 Å². The van der Waals surface area contributed by atoms with E-state index >= 15 is 0 Å². The van der Waals surface area contributed by atoms with Crippen LogP contribution in [-0.4, -0.2) is 55.4 Å². The molecule has 0 spiro atoms. The molecule has 1 aromatic heterocycles. The molecule has 1 unspecified atom stereocenters. The molecule has 204 valence electrons. The van der Waals surface area contributed by atoms with E-state index in [0.29, 0.717) is 16.8 Å². The quantitative estimate of drug-likeness (QED) is 0.335. The molecule has 0 saturated carbocycles. The molecule has 9 heteroatoms. The van der Waals surface area contributed by atoms with Gasteiger partial charge in [0.2, 0.25) is 11.6 Å². The van der Waals surface area contributed by atoms with Gasteiger partial charge in [0.05, 0.1) is 11.3 Å². The third-order valence-electron chi connectivity index (χ3n) is 6.76. The van der Waals surface area contributed by atoms with Crippen LogP contribution in [0.5, 0.6) is 0 Å². The monoisotopic (exact) mass is 537 g/mol. The molecule has 2 N–H and O–H groups in total. The van der Waals surface area contributed by atoms with Crippen molar-refractivity contribution in [3.05, 3.63) is 108 Å². The number of rotatable bonds is 8. The first-order chi connectivity index (χ1) is 19.2. The van der Waals surface area contributed by atoms with Crippen molar-refractivity contribution in [2.24, 2.45) is 5.92 Å². The van der Waals surface area contributed by atoms with Crippen LogP contribution in [0.4, 0.5) is 0 Å². The largest absolute Gasteiger partial charge is 0.358 e. The predicted octanol–water partition coefficient (Wildman–Crippen LogP) is 3.35. The number of amides is 3. The highest BCUT2D eigenvalue weighted by atomic mass is 16.3. The number of hydrogen-bond acceptors (Lipinski definition) is 6. The van der Waals surface area contributed by atoms with Crippen molar-refractivity contribution in [2.75, 3.05) is 0 Å². The highest BCUT2D eigenvalue weighted by molar-refractivity contribution is 6.02. The van der Waals surface area contributed by atoms with Gasteiger partial charge in [-0.3, -0.25) is 24.3 Å². The number of carbonyl (C=O) groups excluding carboxylic acids is 3. The molecule has 0 saturated heterocycles. The average Bonchev–Trinajstić information content (AvgIpc) is 2.96. The number of carbonyl (C=O) groups is 3. The van der Waals surface area contributed by atoms with Gasteiger partial charge in [-0.05, 0) is 35.6 Å². The van der Waals surface area contributed by atoms with E-state index in [9.17, 15) is 24.8 Å². The first-order valence-corrected chi connectivity index (χ1v) is 13.0. The molecule has 2 aromatic carbocycles. The lowest BCUT2D eigenvalue weighted by atomic mass is 9.89. The molecular weight excluding hydrogens is 506 g/mol. The highest BCUT2D eigenvalue weighted by Crippen LogP contribution is 2.36. The fraction of sp³-hybridized carbons (Fsp3) is 0.258. The molecule has 3 amide bonds. The van der Waals surface area contributed by atoms with Crippen LogP contribution < -0.4 is 5.32 Å². The molecule has 4 rings (SSSR count). The summed E-state index contributed by atoms with van der Waals surface area (Å²) in [5.74, 6) is -1.87. The molecule has 0 fully saturated rings. The molecule has 2 heterocycles. The Morgan fingerprint density at radius 2 is 1.73 bits per heavy atom. The maximum atomic E-state index is 14.5. The van der Waals surface area contributed by atoms with Crippen LogP contribution in [0.25, 0.3) is 5.70 Å². The standard InChI is InChI=1S/C31H31N5O4/c1-21(2)28-30(39)36(27(17-23-11-6-4-7-12-23)31(40,20-32)34-22(3)37)26(24-13-8-5-9-14-24)19-35(28)29(38)25-15-10-16-33-18-25/h4-16,18-19,21,27-28,40H,17H2,1-3H3,(H,34,37)/t27-,28+,31?/m0/s1. The number of nitrogens with zero attached hydrogens (tertiary/aromatic N) is 4. The first kappa shape index (κ1) is 28.2. The molecule has 1 aliphatic heterocycles. The first-order valence-electron chi connectivity index (χ1n) is 13.0. The van der Waals surface area contributed by atoms with Crippen molar-refractivity contribution in [3.8, 4) is 6.07 Å². The van der Waals surface area contributed by atoms with E-state index in [1.165, 1.54) is 22.9 Å². The summed E-state index contributed by atoms with van der Waals surface area (Å²) < 4.78 is 0. The molecule has 40 heavy (non-hydrogen) atoms. The van der Waals surface area contributed by atoms with Gasteiger partial charge in [-0.1, -0.05) is 74.5 Å². The van der Waals surface area contributed by atoms with Crippen LogP contribution in [0.1, 0.15) is 42.3 Å². The Hall–Kier alpha value is -4.81. The number of aromatic nitrogens is 1. The Bertz CT molecular complexity index is 1440. The van der Waals surface area contributed by atoms with Gasteiger partial charge in [0, 0.05) is 25.5 Å². The number of pyridine rings is 1. The van der Waals surface area contributed by atoms with Crippen LogP contribution in [0.2, 0.25) is 0 Å². The molecule has 0 radical (unpaired) electrons. The minimum Gasteiger partial charge on any atom is -0.358 e. The van der Waals surface area contributed by atoms with Crippen molar-refractivity contribution in [3.63, 3.8) is 0 Å². The van der Waals surface area contributed by atoms with Crippen LogP contribution in [-0.2, 0) is 16.0 Å². The van der Waals surface area contributed by atoms with E-state index in [1.54, 1.807) is 48.8 Å². The average molecular weight is 538 g/mol. The fourth-order valence-corrected chi connectivity index (χ4v) is 4.95. The number of aliphatic hydroxyl groups is 1. The molecule has 0 aliphatic carbocycles. The van der Waals surface area contributed by atoms with E-state index in [2.05, 4.69) is 10.3 Å². The summed E-state index contributed by atoms with van der Waals surface area (Å²) in [4.78, 5) is 47.2. The lowest BCUT2D eigenvalue weighted by molar-refractivity contribution is -0.144. The van der Waals surface area contributed by atoms with Crippen LogP contribution >= 0.6 is 0 Å². The number of hydrogen-bond donors (Lipinski definition) is 2. The van der Waals surface area contributed by atoms with Gasteiger partial charge in [-0.25, -0.2) is 0 Å². The summed E-state index contributed by atoms with van der Waals surface area (Å²) in [7, 11) is 0. The Kier molecular flexibility index (Phi) is 8.41. The zero-order valence-electron chi connectivity index (χ0n) is 22.6. The van der Waals surface area contributed by atoms with Crippen LogP contribution in [0, 0.1) is 17.2 Å². The van der Waals surface area contributed by atoms with Crippen molar-refractivity contribution >= 4 is 23.4 Å². The summed E-state index contributed by atoms with van der Waals surface area (Å²) in [5.41, 5.74) is -0.502. The van der Waals surface area contributed by atoms with Gasteiger partial charge in [-0.15, -0.1) is 0 Å². The van der Waals surface area contributed by atoms with Gasteiger partial charge in [0.25, 0.3) is 11.8 Å². The summed E-state index contributed by atoms with van der Waals surface area (Å²) in [6.07, 6.45) is 4.63. The summed E-state index contributed by atoms with van der Waals surface area (Å²) in [6.45, 7) is 4.84. The summed E-state index contributed by atoms with van der Waals surface area (Å²) >= 11 is 0. The van der Waals surface area contributed by atoms with Gasteiger partial charge in [0.1, 0.15) is 18.2 Å². The zero-order chi connectivity index (χ0) is 28.9. The lowest BCUT2D eigenvalue weighted by Crippen LogP contribution is -2.66. The SMILES string of the molecule is CC(=O)NC(O)(C#N)[C@H](Cc1ccccc1)N1C(=O)[C@@H](C(C)C)N(C(=O)c2cccnc2)C=C1c1ccccc1. The lowest BCUT2D eigenvalue weighted by Gasteiger charge is -2.47. The van der Waals surface area contributed by atoms with E-state index < -0.39 is 35.5 Å². The Morgan fingerprint density at radius 3 is 2.27 bits per heavy atom. The fourth-order valence-electron chi connectivity index (χ4n) is 4.95. The maximum absolute atomic E-state index is 14.5. The van der Waals surface area contributed by atoms with E-state index in [0.717, 1.165) is 5.56 Å². The molecule has 1 aliphatic rings. The Morgan fingerprint density at radius 1 is 1.07 bits per heavy atom. The molecule has 3 atom stereocenters. The normalized spacial score (nSPS) is 17.4. The smallest absolute Gasteiger partial charge is 0.260 e. The van der Waals surface area contributed by atoms with Gasteiger partial charge in [0.15, 0.2) is 0 Å².